The lowest BCUT2D eigenvalue weighted by atomic mass is 10.1. The number of hydrogen-bond donors (Lipinski definition) is 2. The third kappa shape index (κ3) is 3.06. The van der Waals surface area contributed by atoms with Crippen LogP contribution in [0.3, 0.4) is 0 Å². The molecule has 0 bridgehead atoms. The Morgan fingerprint density at radius 3 is 2.81 bits per heavy atom. The largest absolute Gasteiger partial charge is 0.271 e. The van der Waals surface area contributed by atoms with Crippen molar-refractivity contribution in [1.82, 2.24) is 5.43 Å². The fourth-order valence-corrected chi connectivity index (χ4v) is 4.04. The molecule has 0 aliphatic heterocycles. The minimum Gasteiger partial charge on any atom is -0.271 e. The van der Waals surface area contributed by atoms with E-state index in [1.807, 2.05) is 12.1 Å². The molecule has 0 spiro atoms. The average molecular weight is 338 g/mol. The molecule has 86 valence electrons. The molecule has 0 amide bonds. The van der Waals surface area contributed by atoms with E-state index in [1.165, 1.54) is 4.88 Å². The van der Waals surface area contributed by atoms with Crippen LogP contribution in [0.15, 0.2) is 28.1 Å². The van der Waals surface area contributed by atoms with E-state index in [0.717, 1.165) is 20.1 Å². The molecule has 0 saturated carbocycles. The zero-order valence-electron chi connectivity index (χ0n) is 8.24. The van der Waals surface area contributed by atoms with Crippen molar-refractivity contribution in [3.63, 3.8) is 0 Å². The number of nitrogens with two attached hydrogens (primary N) is 1. The quantitative estimate of drug-likeness (QED) is 0.654. The lowest BCUT2D eigenvalue weighted by Gasteiger charge is -2.12. The van der Waals surface area contributed by atoms with Gasteiger partial charge in [0.05, 0.1) is 10.4 Å². The van der Waals surface area contributed by atoms with Crippen molar-refractivity contribution < 1.29 is 0 Å². The maximum Gasteiger partial charge on any atom is 0.0931 e. The number of hydrogen-bond acceptors (Lipinski definition) is 4. The van der Waals surface area contributed by atoms with Crippen LogP contribution in [0.5, 0.6) is 0 Å². The Bertz CT molecular complexity index is 469. The van der Waals surface area contributed by atoms with Crippen molar-refractivity contribution in [2.45, 2.75) is 12.5 Å². The number of rotatable bonds is 4. The Morgan fingerprint density at radius 2 is 2.31 bits per heavy atom. The van der Waals surface area contributed by atoms with E-state index in [9.17, 15) is 0 Å². The van der Waals surface area contributed by atoms with Gasteiger partial charge in [0.1, 0.15) is 0 Å². The predicted octanol–water partition coefficient (Wildman–Crippen LogP) is 3.97. The molecule has 1 unspecified atom stereocenters. The molecule has 2 aromatic rings. The molecule has 1 atom stereocenters. The summed E-state index contributed by atoms with van der Waals surface area (Å²) < 4.78 is 1.91. The van der Waals surface area contributed by atoms with Gasteiger partial charge in [0, 0.05) is 26.0 Å². The summed E-state index contributed by atoms with van der Waals surface area (Å²) in [6.45, 7) is 0. The first-order chi connectivity index (χ1) is 7.69. The van der Waals surface area contributed by atoms with Crippen molar-refractivity contribution in [1.29, 1.82) is 0 Å². The number of thiophene rings is 2. The Hall–Kier alpha value is 0.0900. The van der Waals surface area contributed by atoms with Gasteiger partial charge in [-0.1, -0.05) is 11.6 Å². The Morgan fingerprint density at radius 1 is 1.50 bits per heavy atom. The molecule has 0 aliphatic rings. The van der Waals surface area contributed by atoms with E-state index in [0.29, 0.717) is 0 Å². The van der Waals surface area contributed by atoms with Crippen molar-refractivity contribution in [3.05, 3.63) is 42.1 Å². The van der Waals surface area contributed by atoms with E-state index >= 15 is 0 Å². The second-order valence-corrected chi connectivity index (χ2v) is 6.95. The third-order valence-electron chi connectivity index (χ3n) is 2.17. The smallest absolute Gasteiger partial charge is 0.0931 e. The van der Waals surface area contributed by atoms with Gasteiger partial charge in [0.15, 0.2) is 0 Å². The van der Waals surface area contributed by atoms with Crippen molar-refractivity contribution in [2.24, 2.45) is 5.84 Å². The second-order valence-electron chi connectivity index (χ2n) is 3.30. The summed E-state index contributed by atoms with van der Waals surface area (Å²) in [6.07, 6.45) is 0.879. The summed E-state index contributed by atoms with van der Waals surface area (Å²) in [7, 11) is 0. The van der Waals surface area contributed by atoms with Gasteiger partial charge >= 0.3 is 0 Å². The van der Waals surface area contributed by atoms with Crippen molar-refractivity contribution >= 4 is 50.2 Å². The molecule has 2 aromatic heterocycles. The van der Waals surface area contributed by atoms with Crippen LogP contribution in [0.1, 0.15) is 15.8 Å². The van der Waals surface area contributed by atoms with Gasteiger partial charge < -0.3 is 0 Å². The van der Waals surface area contributed by atoms with Gasteiger partial charge in [0.25, 0.3) is 0 Å². The maximum absolute atomic E-state index is 5.91. The molecule has 2 nitrogen and oxygen atoms in total. The Balaban J connectivity index is 2.12. The summed E-state index contributed by atoms with van der Waals surface area (Å²) >= 11 is 12.6. The highest BCUT2D eigenvalue weighted by Gasteiger charge is 2.13. The van der Waals surface area contributed by atoms with Gasteiger partial charge in [-0.05, 0) is 34.1 Å². The minimum absolute atomic E-state index is 0.128. The van der Waals surface area contributed by atoms with Crippen molar-refractivity contribution in [2.75, 3.05) is 0 Å². The Kier molecular flexibility index (Phi) is 4.41. The minimum atomic E-state index is 0.128. The van der Waals surface area contributed by atoms with Gasteiger partial charge in [-0.15, -0.1) is 22.7 Å². The summed E-state index contributed by atoms with van der Waals surface area (Å²) in [4.78, 5) is 2.45. The third-order valence-corrected chi connectivity index (χ3v) is 5.23. The lowest BCUT2D eigenvalue weighted by molar-refractivity contribution is 0.564. The predicted molar refractivity (Wildman–Crippen MR) is 75.1 cm³/mol. The van der Waals surface area contributed by atoms with Crippen LogP contribution in [0.2, 0.25) is 4.34 Å². The van der Waals surface area contributed by atoms with E-state index < -0.39 is 0 Å². The number of hydrazine groups is 1. The number of halogens is 2. The van der Waals surface area contributed by atoms with Crippen LogP contribution in [0.4, 0.5) is 0 Å². The topological polar surface area (TPSA) is 38.0 Å². The molecule has 3 N–H and O–H groups in total. The normalized spacial score (nSPS) is 12.9. The first kappa shape index (κ1) is 12.5. The van der Waals surface area contributed by atoms with Gasteiger partial charge in [-0.2, -0.15) is 0 Å². The zero-order chi connectivity index (χ0) is 11.5. The van der Waals surface area contributed by atoms with Crippen molar-refractivity contribution in [3.8, 4) is 0 Å². The monoisotopic (exact) mass is 336 g/mol. The fraction of sp³-hybridized carbons (Fsp3) is 0.200. The molecule has 0 saturated heterocycles. The van der Waals surface area contributed by atoms with E-state index in [1.54, 1.807) is 22.7 Å². The summed E-state index contributed by atoms with van der Waals surface area (Å²) in [6, 6.07) is 6.16. The lowest BCUT2D eigenvalue weighted by Crippen LogP contribution is -2.28. The van der Waals surface area contributed by atoms with Crippen LogP contribution >= 0.6 is 50.2 Å². The summed E-state index contributed by atoms with van der Waals surface area (Å²) in [5.74, 6) is 5.58. The van der Waals surface area contributed by atoms with E-state index in [4.69, 9.17) is 17.4 Å². The zero-order valence-corrected chi connectivity index (χ0v) is 12.2. The van der Waals surface area contributed by atoms with Crippen LogP contribution in [-0.2, 0) is 6.42 Å². The molecule has 2 heterocycles. The summed E-state index contributed by atoms with van der Waals surface area (Å²) in [5, 5.41) is 2.07. The maximum atomic E-state index is 5.91. The highest BCUT2D eigenvalue weighted by molar-refractivity contribution is 9.10. The van der Waals surface area contributed by atoms with Gasteiger partial charge in [0.2, 0.25) is 0 Å². The highest BCUT2D eigenvalue weighted by atomic mass is 79.9. The van der Waals surface area contributed by atoms with Crippen LogP contribution in [0.25, 0.3) is 0 Å². The molecule has 0 radical (unpaired) electrons. The molecule has 0 aromatic carbocycles. The average Bonchev–Trinajstić information content (AvgIpc) is 2.84. The van der Waals surface area contributed by atoms with Crippen LogP contribution < -0.4 is 11.3 Å². The molecular formula is C10H10BrClN2S2. The first-order valence-electron chi connectivity index (χ1n) is 4.63. The van der Waals surface area contributed by atoms with Crippen LogP contribution in [-0.4, -0.2) is 0 Å². The number of nitrogens with one attached hydrogen (secondary N) is 1. The molecule has 0 aliphatic carbocycles. The Labute approximate surface area is 116 Å². The van der Waals surface area contributed by atoms with Crippen LogP contribution in [0, 0.1) is 0 Å². The second kappa shape index (κ2) is 5.62. The molecule has 16 heavy (non-hydrogen) atoms. The van der Waals surface area contributed by atoms with Gasteiger partial charge in [-0.3, -0.25) is 11.3 Å². The van der Waals surface area contributed by atoms with E-state index in [2.05, 4.69) is 32.8 Å². The van der Waals surface area contributed by atoms with E-state index in [-0.39, 0.29) is 6.04 Å². The molecular weight excluding hydrogens is 328 g/mol. The molecule has 2 rings (SSSR count). The first-order valence-corrected chi connectivity index (χ1v) is 7.50. The fourth-order valence-electron chi connectivity index (χ4n) is 1.42. The van der Waals surface area contributed by atoms with Gasteiger partial charge in [-0.25, -0.2) is 0 Å². The SMILES string of the molecule is NNC(Cc1cc(Br)cs1)c1ccc(Cl)s1. The summed E-state index contributed by atoms with van der Waals surface area (Å²) in [5.41, 5.74) is 2.83. The standard InChI is InChI=1S/C10H10BrClN2S2/c11-6-3-7(15-5-6)4-8(14-13)9-1-2-10(12)16-9/h1-3,5,8,14H,4,13H2. The highest BCUT2D eigenvalue weighted by Crippen LogP contribution is 2.30. The molecule has 0 fully saturated rings. The molecule has 6 heteroatoms.